The van der Waals surface area contributed by atoms with Gasteiger partial charge in [-0.05, 0) is 12.5 Å². The zero-order valence-corrected chi connectivity index (χ0v) is 12.3. The number of rotatable bonds is 6. The van der Waals surface area contributed by atoms with Gasteiger partial charge in [0.2, 0.25) is 0 Å². The van der Waals surface area contributed by atoms with Crippen LogP contribution in [0.2, 0.25) is 0 Å². The molecule has 0 unspecified atom stereocenters. The second-order valence-electron chi connectivity index (χ2n) is 4.59. The van der Waals surface area contributed by atoms with Crippen molar-refractivity contribution in [3.8, 4) is 0 Å². The average molecular weight is 294 g/mol. The van der Waals surface area contributed by atoms with Crippen molar-refractivity contribution in [1.82, 2.24) is 19.2 Å². The van der Waals surface area contributed by atoms with Crippen LogP contribution in [0.25, 0.3) is 0 Å². The van der Waals surface area contributed by atoms with Crippen molar-refractivity contribution in [1.29, 1.82) is 0 Å². The van der Waals surface area contributed by atoms with Gasteiger partial charge < -0.3 is 0 Å². The lowest BCUT2D eigenvalue weighted by atomic mass is 10.2. The van der Waals surface area contributed by atoms with Crippen LogP contribution in [-0.4, -0.2) is 30.0 Å². The van der Waals surface area contributed by atoms with Crippen LogP contribution in [0.4, 0.5) is 0 Å². The van der Waals surface area contributed by atoms with E-state index in [0.29, 0.717) is 6.54 Å². The van der Waals surface area contributed by atoms with Crippen molar-refractivity contribution < 1.29 is 8.42 Å². The molecule has 1 aromatic carbocycles. The molecule has 20 heavy (non-hydrogen) atoms. The van der Waals surface area contributed by atoms with E-state index in [2.05, 4.69) is 14.9 Å². The van der Waals surface area contributed by atoms with Gasteiger partial charge in [0, 0.05) is 31.4 Å². The van der Waals surface area contributed by atoms with Gasteiger partial charge in [-0.2, -0.15) is 22.5 Å². The maximum absolute atomic E-state index is 12.1. The molecule has 0 saturated heterocycles. The van der Waals surface area contributed by atoms with Gasteiger partial charge >= 0.3 is 0 Å². The molecule has 6 nitrogen and oxygen atoms in total. The summed E-state index contributed by atoms with van der Waals surface area (Å²) in [6.45, 7) is 2.41. The molecule has 0 aliphatic heterocycles. The number of aryl methyl sites for hydroxylation is 1. The van der Waals surface area contributed by atoms with E-state index >= 15 is 0 Å². The molecule has 108 valence electrons. The van der Waals surface area contributed by atoms with Gasteiger partial charge in [0.05, 0.1) is 6.20 Å². The molecular formula is C13H18N4O2S. The summed E-state index contributed by atoms with van der Waals surface area (Å²) in [6, 6.07) is 9.46. The Balaban J connectivity index is 1.97. The molecule has 2 aromatic rings. The molecule has 0 radical (unpaired) electrons. The third-order valence-corrected chi connectivity index (χ3v) is 4.50. The summed E-state index contributed by atoms with van der Waals surface area (Å²) in [5.41, 5.74) is 2.64. The molecule has 1 heterocycles. The standard InChI is InChI=1S/C13H18N4O2S/c1-11-13(8-14-16-11)9-15-20(18,19)17(2)10-12-6-4-3-5-7-12/h3-8,15H,9-10H2,1-2H3,(H,14,16). The van der Waals surface area contributed by atoms with Gasteiger partial charge in [-0.15, -0.1) is 0 Å². The molecule has 1 aromatic heterocycles. The largest absolute Gasteiger partial charge is 0.283 e. The number of nitrogens with zero attached hydrogens (tertiary/aromatic N) is 2. The van der Waals surface area contributed by atoms with Gasteiger partial charge in [0.25, 0.3) is 10.2 Å². The zero-order chi connectivity index (χ0) is 14.6. The summed E-state index contributed by atoms with van der Waals surface area (Å²) in [7, 11) is -1.96. The quantitative estimate of drug-likeness (QED) is 0.840. The predicted molar refractivity (Wildman–Crippen MR) is 77.0 cm³/mol. The molecule has 7 heteroatoms. The highest BCUT2D eigenvalue weighted by Crippen LogP contribution is 2.07. The molecule has 0 aliphatic carbocycles. The molecule has 2 N–H and O–H groups in total. The lowest BCUT2D eigenvalue weighted by Gasteiger charge is -2.17. The SMILES string of the molecule is Cc1[nH]ncc1CNS(=O)(=O)N(C)Cc1ccccc1. The second kappa shape index (κ2) is 6.17. The van der Waals surface area contributed by atoms with Crippen molar-refractivity contribution in [2.75, 3.05) is 7.05 Å². The van der Waals surface area contributed by atoms with E-state index in [1.54, 1.807) is 13.2 Å². The van der Waals surface area contributed by atoms with Crippen LogP contribution in [-0.2, 0) is 23.3 Å². The molecule has 0 saturated carbocycles. The summed E-state index contributed by atoms with van der Waals surface area (Å²) >= 11 is 0. The number of aromatic nitrogens is 2. The predicted octanol–water partition coefficient (Wildman–Crippen LogP) is 1.18. The number of hydrogen-bond donors (Lipinski definition) is 2. The molecule has 2 rings (SSSR count). The molecule has 0 atom stereocenters. The third-order valence-electron chi connectivity index (χ3n) is 3.04. The lowest BCUT2D eigenvalue weighted by Crippen LogP contribution is -2.37. The zero-order valence-electron chi connectivity index (χ0n) is 11.5. The number of H-pyrrole nitrogens is 1. The van der Waals surface area contributed by atoms with E-state index < -0.39 is 10.2 Å². The Morgan fingerprint density at radius 3 is 2.60 bits per heavy atom. The van der Waals surface area contributed by atoms with E-state index in [0.717, 1.165) is 16.8 Å². The molecule has 0 aliphatic rings. The highest BCUT2D eigenvalue weighted by molar-refractivity contribution is 7.87. The first kappa shape index (κ1) is 14.7. The Labute approximate surface area is 119 Å². The van der Waals surface area contributed by atoms with Crippen molar-refractivity contribution in [2.45, 2.75) is 20.0 Å². The Kier molecular flexibility index (Phi) is 4.53. The van der Waals surface area contributed by atoms with Gasteiger partial charge in [-0.3, -0.25) is 5.10 Å². The summed E-state index contributed by atoms with van der Waals surface area (Å²) in [6.07, 6.45) is 1.62. The summed E-state index contributed by atoms with van der Waals surface area (Å²) in [5, 5.41) is 6.64. The molecular weight excluding hydrogens is 276 g/mol. The van der Waals surface area contributed by atoms with E-state index in [-0.39, 0.29) is 6.54 Å². The Morgan fingerprint density at radius 2 is 2.00 bits per heavy atom. The highest BCUT2D eigenvalue weighted by atomic mass is 32.2. The van der Waals surface area contributed by atoms with Gasteiger partial charge in [-0.1, -0.05) is 30.3 Å². The van der Waals surface area contributed by atoms with Crippen molar-refractivity contribution in [3.63, 3.8) is 0 Å². The Bertz CT molecular complexity index is 652. The Morgan fingerprint density at radius 1 is 1.30 bits per heavy atom. The maximum Gasteiger partial charge on any atom is 0.279 e. The summed E-state index contributed by atoms with van der Waals surface area (Å²) in [5.74, 6) is 0. The normalized spacial score (nSPS) is 11.9. The fraction of sp³-hybridized carbons (Fsp3) is 0.308. The molecule has 0 bridgehead atoms. The average Bonchev–Trinajstić information content (AvgIpc) is 2.83. The van der Waals surface area contributed by atoms with Crippen LogP contribution in [0.3, 0.4) is 0 Å². The maximum atomic E-state index is 12.1. The summed E-state index contributed by atoms with van der Waals surface area (Å²) in [4.78, 5) is 0. The van der Waals surface area contributed by atoms with E-state index in [1.807, 2.05) is 37.3 Å². The number of hydrogen-bond acceptors (Lipinski definition) is 3. The fourth-order valence-electron chi connectivity index (χ4n) is 1.76. The minimum absolute atomic E-state index is 0.226. The van der Waals surface area contributed by atoms with E-state index in [9.17, 15) is 8.42 Å². The van der Waals surface area contributed by atoms with E-state index in [1.165, 1.54) is 4.31 Å². The highest BCUT2D eigenvalue weighted by Gasteiger charge is 2.17. The fourth-order valence-corrected chi connectivity index (χ4v) is 2.64. The first-order valence-electron chi connectivity index (χ1n) is 6.23. The van der Waals surface area contributed by atoms with Gasteiger partial charge in [0.1, 0.15) is 0 Å². The first-order chi connectivity index (χ1) is 9.49. The molecule has 0 spiro atoms. The molecule has 0 fully saturated rings. The van der Waals surface area contributed by atoms with Crippen LogP contribution < -0.4 is 4.72 Å². The third kappa shape index (κ3) is 3.66. The second-order valence-corrected chi connectivity index (χ2v) is 6.45. The lowest BCUT2D eigenvalue weighted by molar-refractivity contribution is 0.454. The van der Waals surface area contributed by atoms with Crippen LogP contribution in [0.15, 0.2) is 36.5 Å². The molecule has 0 amide bonds. The smallest absolute Gasteiger partial charge is 0.279 e. The number of aromatic amines is 1. The van der Waals surface area contributed by atoms with Crippen LogP contribution in [0.1, 0.15) is 16.8 Å². The van der Waals surface area contributed by atoms with Crippen LogP contribution in [0, 0.1) is 6.92 Å². The van der Waals surface area contributed by atoms with Crippen LogP contribution >= 0.6 is 0 Å². The minimum Gasteiger partial charge on any atom is -0.283 e. The monoisotopic (exact) mass is 294 g/mol. The topological polar surface area (TPSA) is 78.1 Å². The van der Waals surface area contributed by atoms with Crippen molar-refractivity contribution in [3.05, 3.63) is 53.3 Å². The summed E-state index contributed by atoms with van der Waals surface area (Å²) < 4.78 is 28.1. The van der Waals surface area contributed by atoms with Crippen molar-refractivity contribution >= 4 is 10.2 Å². The number of benzene rings is 1. The van der Waals surface area contributed by atoms with Crippen molar-refractivity contribution in [2.24, 2.45) is 0 Å². The van der Waals surface area contributed by atoms with Gasteiger partial charge in [-0.25, -0.2) is 0 Å². The Hall–Kier alpha value is -1.70. The minimum atomic E-state index is -3.51. The van der Waals surface area contributed by atoms with E-state index in [4.69, 9.17) is 0 Å². The first-order valence-corrected chi connectivity index (χ1v) is 7.67. The van der Waals surface area contributed by atoms with Gasteiger partial charge in [0.15, 0.2) is 0 Å². The number of nitrogens with one attached hydrogen (secondary N) is 2. The van der Waals surface area contributed by atoms with Crippen LogP contribution in [0.5, 0.6) is 0 Å².